The summed E-state index contributed by atoms with van der Waals surface area (Å²) in [5.74, 6) is 0.331. The third-order valence-corrected chi connectivity index (χ3v) is 5.15. The summed E-state index contributed by atoms with van der Waals surface area (Å²) < 4.78 is 26.5. The Morgan fingerprint density at radius 3 is 2.52 bits per heavy atom. The van der Waals surface area contributed by atoms with Crippen molar-refractivity contribution in [1.82, 2.24) is 10.0 Å². The van der Waals surface area contributed by atoms with E-state index in [1.807, 2.05) is 0 Å². The number of sulfonamides is 1. The molecule has 0 radical (unpaired) electrons. The first-order chi connectivity index (χ1) is 11.2. The Morgan fingerprint density at radius 1 is 1.28 bits per heavy atom. The molecule has 7 nitrogen and oxygen atoms in total. The van der Waals surface area contributed by atoms with Crippen LogP contribution in [0, 0.1) is 5.92 Å². The van der Waals surface area contributed by atoms with E-state index >= 15 is 0 Å². The van der Waals surface area contributed by atoms with E-state index in [9.17, 15) is 13.2 Å². The number of hydrogen-bond acceptors (Lipinski definition) is 5. The summed E-state index contributed by atoms with van der Waals surface area (Å²) in [7, 11) is -3.60. The minimum Gasteiger partial charge on any atom is -0.350 e. The van der Waals surface area contributed by atoms with Gasteiger partial charge in [-0.15, -0.1) is 12.4 Å². The number of amides is 1. The molecular weight excluding hydrogens is 364 g/mol. The highest BCUT2D eigenvalue weighted by Crippen LogP contribution is 2.22. The number of halogens is 1. The lowest BCUT2D eigenvalue weighted by Crippen LogP contribution is -2.44. The lowest BCUT2D eigenvalue weighted by molar-refractivity contribution is -0.122. The minimum absolute atomic E-state index is 0. The fraction of sp³-hybridized carbons (Fsp3) is 0.500. The van der Waals surface area contributed by atoms with E-state index in [2.05, 4.69) is 28.9 Å². The van der Waals surface area contributed by atoms with Crippen LogP contribution in [0.3, 0.4) is 0 Å². The highest BCUT2D eigenvalue weighted by molar-refractivity contribution is 7.90. The summed E-state index contributed by atoms with van der Waals surface area (Å²) >= 11 is 0. The second-order valence-corrected chi connectivity index (χ2v) is 7.98. The van der Waals surface area contributed by atoms with Crippen LogP contribution in [-0.2, 0) is 14.8 Å². The maximum absolute atomic E-state index is 12.3. The van der Waals surface area contributed by atoms with E-state index in [1.54, 1.807) is 25.1 Å². The smallest absolute Gasteiger partial charge is 0.263 e. The summed E-state index contributed by atoms with van der Waals surface area (Å²) in [6.07, 6.45) is 0.779. The number of amidine groups is 1. The van der Waals surface area contributed by atoms with Crippen LogP contribution in [0.15, 0.2) is 34.2 Å². The second-order valence-electron chi connectivity index (χ2n) is 6.33. The minimum atomic E-state index is -3.60. The van der Waals surface area contributed by atoms with Crippen LogP contribution < -0.4 is 15.8 Å². The quantitative estimate of drug-likeness (QED) is 0.675. The van der Waals surface area contributed by atoms with Crippen molar-refractivity contribution in [2.45, 2.75) is 44.2 Å². The average Bonchev–Trinajstić information content (AvgIpc) is 2.77. The number of rotatable bonds is 6. The highest BCUT2D eigenvalue weighted by atomic mass is 35.5. The molecule has 0 aliphatic carbocycles. The number of carbonyl (C=O) groups excluding carboxylic acids is 1. The number of hydrogen-bond donors (Lipinski definition) is 3. The molecule has 0 spiro atoms. The standard InChI is InChI=1S/C16H24N4O3S.ClH/c1-10(2)8-12(9-17)19-16(21)11(3)18-15-13-6-4-5-7-14(13)24(22,23)20-15;/h4-7,10-12H,8-9,17H2,1-3H3,(H,18,20)(H,19,21);1H. The van der Waals surface area contributed by atoms with Crippen molar-refractivity contribution in [2.75, 3.05) is 6.54 Å². The second kappa shape index (κ2) is 8.64. The Morgan fingerprint density at radius 2 is 1.92 bits per heavy atom. The summed E-state index contributed by atoms with van der Waals surface area (Å²) in [5, 5.41) is 2.87. The molecule has 1 aromatic carbocycles. The van der Waals surface area contributed by atoms with Crippen molar-refractivity contribution < 1.29 is 13.2 Å². The van der Waals surface area contributed by atoms with Gasteiger partial charge in [0.15, 0.2) is 0 Å². The largest absolute Gasteiger partial charge is 0.350 e. The molecule has 25 heavy (non-hydrogen) atoms. The van der Waals surface area contributed by atoms with Crippen molar-refractivity contribution in [2.24, 2.45) is 16.6 Å². The predicted molar refractivity (Wildman–Crippen MR) is 100 cm³/mol. The summed E-state index contributed by atoms with van der Waals surface area (Å²) in [6.45, 7) is 6.09. The van der Waals surface area contributed by atoms with Crippen LogP contribution in [0.5, 0.6) is 0 Å². The monoisotopic (exact) mass is 388 g/mol. The van der Waals surface area contributed by atoms with E-state index in [0.29, 0.717) is 18.0 Å². The highest BCUT2D eigenvalue weighted by Gasteiger charge is 2.31. The number of nitrogens with two attached hydrogens (primary N) is 1. The van der Waals surface area contributed by atoms with Crippen LogP contribution in [0.1, 0.15) is 32.8 Å². The van der Waals surface area contributed by atoms with Crippen LogP contribution in [0.25, 0.3) is 0 Å². The van der Waals surface area contributed by atoms with Gasteiger partial charge in [-0.25, -0.2) is 8.42 Å². The van der Waals surface area contributed by atoms with Crippen molar-refractivity contribution in [3.63, 3.8) is 0 Å². The molecule has 2 atom stereocenters. The molecule has 1 aliphatic heterocycles. The molecule has 1 aromatic rings. The molecular formula is C16H25ClN4O3S. The van der Waals surface area contributed by atoms with Gasteiger partial charge in [0.05, 0.1) is 4.90 Å². The van der Waals surface area contributed by atoms with Crippen LogP contribution in [-0.4, -0.2) is 38.8 Å². The van der Waals surface area contributed by atoms with Gasteiger partial charge < -0.3 is 11.1 Å². The molecule has 0 fully saturated rings. The van der Waals surface area contributed by atoms with Crippen LogP contribution in [0.4, 0.5) is 0 Å². The van der Waals surface area contributed by atoms with Gasteiger partial charge in [-0.2, -0.15) is 0 Å². The van der Waals surface area contributed by atoms with Crippen molar-refractivity contribution in [3.8, 4) is 0 Å². The number of benzene rings is 1. The lowest BCUT2D eigenvalue weighted by Gasteiger charge is -2.20. The van der Waals surface area contributed by atoms with Gasteiger partial charge in [0, 0.05) is 18.2 Å². The van der Waals surface area contributed by atoms with E-state index in [-0.39, 0.29) is 35.1 Å². The number of nitrogens with one attached hydrogen (secondary N) is 2. The fourth-order valence-corrected chi connectivity index (χ4v) is 3.83. The topological polar surface area (TPSA) is 114 Å². The van der Waals surface area contributed by atoms with Gasteiger partial charge >= 0.3 is 0 Å². The Balaban J connectivity index is 0.00000312. The number of fused-ring (bicyclic) bond motifs is 1. The molecule has 0 bridgehead atoms. The van der Waals surface area contributed by atoms with Gasteiger partial charge in [0.2, 0.25) is 5.91 Å². The molecule has 140 valence electrons. The molecule has 0 aromatic heterocycles. The van der Waals surface area contributed by atoms with Crippen LogP contribution >= 0.6 is 12.4 Å². The fourth-order valence-electron chi connectivity index (χ4n) is 2.59. The first-order valence-corrected chi connectivity index (χ1v) is 9.43. The Bertz CT molecular complexity index is 750. The maximum atomic E-state index is 12.3. The molecule has 1 aliphatic rings. The van der Waals surface area contributed by atoms with Gasteiger partial charge in [-0.1, -0.05) is 26.0 Å². The normalized spacial score (nSPS) is 18.8. The van der Waals surface area contributed by atoms with Gasteiger partial charge in [-0.3, -0.25) is 14.5 Å². The Hall–Kier alpha value is -1.64. The third kappa shape index (κ3) is 5.17. The van der Waals surface area contributed by atoms with Gasteiger partial charge in [0.1, 0.15) is 11.9 Å². The number of aliphatic imine (C=N–C) groups is 1. The lowest BCUT2D eigenvalue weighted by atomic mass is 10.0. The van der Waals surface area contributed by atoms with Gasteiger partial charge in [0.25, 0.3) is 10.0 Å². The van der Waals surface area contributed by atoms with Gasteiger partial charge in [-0.05, 0) is 31.4 Å². The average molecular weight is 389 g/mol. The first-order valence-electron chi connectivity index (χ1n) is 7.95. The van der Waals surface area contributed by atoms with E-state index < -0.39 is 16.1 Å². The van der Waals surface area contributed by atoms with E-state index in [4.69, 9.17) is 5.73 Å². The zero-order valence-electron chi connectivity index (χ0n) is 14.5. The zero-order valence-corrected chi connectivity index (χ0v) is 16.2. The molecule has 2 rings (SSSR count). The maximum Gasteiger partial charge on any atom is 0.263 e. The Labute approximate surface area is 154 Å². The van der Waals surface area contributed by atoms with Crippen LogP contribution in [0.2, 0.25) is 0 Å². The number of nitrogens with zero attached hydrogens (tertiary/aromatic N) is 1. The molecule has 0 saturated heterocycles. The van der Waals surface area contributed by atoms with Crippen molar-refractivity contribution >= 4 is 34.2 Å². The number of carbonyl (C=O) groups is 1. The molecule has 9 heteroatoms. The van der Waals surface area contributed by atoms with Crippen molar-refractivity contribution in [1.29, 1.82) is 0 Å². The molecule has 4 N–H and O–H groups in total. The molecule has 1 heterocycles. The predicted octanol–water partition coefficient (Wildman–Crippen LogP) is 1.03. The summed E-state index contributed by atoms with van der Waals surface area (Å²) in [5.41, 5.74) is 6.17. The van der Waals surface area contributed by atoms with Crippen molar-refractivity contribution in [3.05, 3.63) is 29.8 Å². The van der Waals surface area contributed by atoms with E-state index in [0.717, 1.165) is 6.42 Å². The Kier molecular flexibility index (Phi) is 7.40. The summed E-state index contributed by atoms with van der Waals surface area (Å²) in [4.78, 5) is 16.7. The zero-order chi connectivity index (χ0) is 17.9. The first kappa shape index (κ1) is 21.4. The SMILES string of the molecule is CC(C)CC(CN)NC(=O)C(C)N=C1NS(=O)(=O)c2ccccc21.Cl. The summed E-state index contributed by atoms with van der Waals surface area (Å²) in [6, 6.07) is 5.71. The third-order valence-electron chi connectivity index (χ3n) is 3.75. The molecule has 0 saturated carbocycles. The van der Waals surface area contributed by atoms with E-state index in [1.165, 1.54) is 6.07 Å². The molecule has 2 unspecified atom stereocenters. The molecule has 1 amide bonds.